The van der Waals surface area contributed by atoms with Crippen LogP contribution in [0.2, 0.25) is 10.0 Å². The number of hydrogen-bond donors (Lipinski definition) is 0. The zero-order valence-electron chi connectivity index (χ0n) is 10.9. The van der Waals surface area contributed by atoms with Gasteiger partial charge in [-0.05, 0) is 52.7 Å². The molecule has 0 aliphatic carbocycles. The van der Waals surface area contributed by atoms with Crippen molar-refractivity contribution in [3.8, 4) is 0 Å². The molecule has 0 saturated carbocycles. The Bertz CT molecular complexity index is 642. The highest BCUT2D eigenvalue weighted by molar-refractivity contribution is 9.10. The third-order valence-electron chi connectivity index (χ3n) is 3.10. The fourth-order valence-electron chi connectivity index (χ4n) is 1.83. The molecule has 0 bridgehead atoms. The van der Waals surface area contributed by atoms with Crippen LogP contribution >= 0.6 is 39.1 Å². The van der Waals surface area contributed by atoms with Crippen molar-refractivity contribution in [2.75, 3.05) is 7.05 Å². The number of nitrogens with zero attached hydrogens (tertiary/aromatic N) is 1. The number of amides is 1. The summed E-state index contributed by atoms with van der Waals surface area (Å²) in [5.74, 6) is 0.0607. The zero-order valence-corrected chi connectivity index (χ0v) is 14.0. The fourth-order valence-corrected chi connectivity index (χ4v) is 2.70. The van der Waals surface area contributed by atoms with Crippen molar-refractivity contribution in [1.29, 1.82) is 0 Å². The van der Waals surface area contributed by atoms with Crippen LogP contribution in [0.25, 0.3) is 0 Å². The number of hydrogen-bond acceptors (Lipinski definition) is 2. The Morgan fingerprint density at radius 1 is 1.30 bits per heavy atom. The summed E-state index contributed by atoms with van der Waals surface area (Å²) in [6.45, 7) is 1.89. The second-order valence-electron chi connectivity index (χ2n) is 4.36. The summed E-state index contributed by atoms with van der Waals surface area (Å²) in [5, 5.41) is 1.10. The average molecular weight is 377 g/mol. The quantitative estimate of drug-likeness (QED) is 0.739. The fraction of sp³-hybridized carbons (Fsp3) is 0.214. The molecule has 106 valence electrons. The van der Waals surface area contributed by atoms with Crippen LogP contribution in [-0.4, -0.2) is 17.9 Å². The van der Waals surface area contributed by atoms with Gasteiger partial charge in [-0.1, -0.05) is 29.3 Å². The number of furan rings is 1. The maximum absolute atomic E-state index is 12.3. The van der Waals surface area contributed by atoms with Gasteiger partial charge in [0.1, 0.15) is 0 Å². The van der Waals surface area contributed by atoms with E-state index in [1.165, 1.54) is 0 Å². The van der Waals surface area contributed by atoms with Crippen LogP contribution in [0.1, 0.15) is 29.1 Å². The highest BCUT2D eigenvalue weighted by Gasteiger charge is 2.23. The predicted octanol–water partition coefficient (Wildman–Crippen LogP) is 5.18. The Morgan fingerprint density at radius 3 is 2.55 bits per heavy atom. The van der Waals surface area contributed by atoms with Crippen LogP contribution in [0.4, 0.5) is 0 Å². The molecule has 3 nitrogen and oxygen atoms in total. The van der Waals surface area contributed by atoms with Gasteiger partial charge in [-0.15, -0.1) is 0 Å². The summed E-state index contributed by atoms with van der Waals surface area (Å²) in [7, 11) is 1.70. The van der Waals surface area contributed by atoms with Gasteiger partial charge >= 0.3 is 0 Å². The van der Waals surface area contributed by atoms with Gasteiger partial charge < -0.3 is 9.32 Å². The molecule has 0 aliphatic heterocycles. The van der Waals surface area contributed by atoms with Crippen LogP contribution in [-0.2, 0) is 0 Å². The number of rotatable bonds is 3. The van der Waals surface area contributed by atoms with E-state index in [-0.39, 0.29) is 17.7 Å². The van der Waals surface area contributed by atoms with Gasteiger partial charge in [-0.2, -0.15) is 0 Å². The molecule has 0 aliphatic rings. The van der Waals surface area contributed by atoms with E-state index in [0.717, 1.165) is 5.56 Å². The second-order valence-corrected chi connectivity index (χ2v) is 5.99. The molecule has 20 heavy (non-hydrogen) atoms. The van der Waals surface area contributed by atoms with E-state index in [1.807, 2.05) is 13.0 Å². The molecule has 0 fully saturated rings. The summed E-state index contributed by atoms with van der Waals surface area (Å²) in [4.78, 5) is 13.9. The molecule has 2 rings (SSSR count). The first-order valence-electron chi connectivity index (χ1n) is 5.87. The van der Waals surface area contributed by atoms with E-state index in [2.05, 4.69) is 15.9 Å². The van der Waals surface area contributed by atoms with Crippen molar-refractivity contribution >= 4 is 45.0 Å². The lowest BCUT2D eigenvalue weighted by Crippen LogP contribution is -2.29. The van der Waals surface area contributed by atoms with E-state index in [1.54, 1.807) is 36.2 Å². The van der Waals surface area contributed by atoms with Gasteiger partial charge in [0.05, 0.1) is 6.04 Å². The summed E-state index contributed by atoms with van der Waals surface area (Å²) in [6, 6.07) is 8.34. The molecule has 0 saturated heterocycles. The monoisotopic (exact) mass is 375 g/mol. The van der Waals surface area contributed by atoms with Gasteiger partial charge in [0.2, 0.25) is 0 Å². The molecule has 0 spiro atoms. The maximum atomic E-state index is 12.3. The molecule has 0 N–H and O–H groups in total. The van der Waals surface area contributed by atoms with Crippen molar-refractivity contribution in [3.63, 3.8) is 0 Å². The molecule has 1 unspecified atom stereocenters. The first kappa shape index (κ1) is 15.4. The largest absolute Gasteiger partial charge is 0.444 e. The van der Waals surface area contributed by atoms with E-state index in [4.69, 9.17) is 27.6 Å². The molecule has 1 heterocycles. The summed E-state index contributed by atoms with van der Waals surface area (Å²) in [6.07, 6.45) is 0. The minimum Gasteiger partial charge on any atom is -0.444 e. The molecule has 2 aromatic rings. The lowest BCUT2D eigenvalue weighted by molar-refractivity contribution is 0.0709. The van der Waals surface area contributed by atoms with E-state index >= 15 is 0 Å². The van der Waals surface area contributed by atoms with E-state index in [9.17, 15) is 4.79 Å². The van der Waals surface area contributed by atoms with Crippen molar-refractivity contribution in [1.82, 2.24) is 4.90 Å². The molecule has 6 heteroatoms. The van der Waals surface area contributed by atoms with Gasteiger partial charge in [0.15, 0.2) is 10.4 Å². The third-order valence-corrected chi connectivity index (χ3v) is 4.09. The van der Waals surface area contributed by atoms with E-state index < -0.39 is 0 Å². The van der Waals surface area contributed by atoms with Crippen LogP contribution in [0, 0.1) is 0 Å². The summed E-state index contributed by atoms with van der Waals surface area (Å²) < 4.78 is 5.79. The van der Waals surface area contributed by atoms with Gasteiger partial charge in [0.25, 0.3) is 5.91 Å². The molecular weight excluding hydrogens is 365 g/mol. The summed E-state index contributed by atoms with van der Waals surface area (Å²) >= 11 is 15.2. The Labute approximate surface area is 135 Å². The van der Waals surface area contributed by atoms with Gasteiger partial charge in [-0.25, -0.2) is 0 Å². The minimum absolute atomic E-state index is 0.198. The SMILES string of the molecule is CC(c1ccc(Cl)cc1Cl)N(C)C(=O)c1ccc(Br)o1. The van der Waals surface area contributed by atoms with Crippen molar-refractivity contribution in [2.24, 2.45) is 0 Å². The van der Waals surface area contributed by atoms with Gasteiger partial charge in [-0.3, -0.25) is 4.79 Å². The van der Waals surface area contributed by atoms with Crippen molar-refractivity contribution < 1.29 is 9.21 Å². The highest BCUT2D eigenvalue weighted by Crippen LogP contribution is 2.30. The Balaban J connectivity index is 2.24. The number of carbonyl (C=O) groups excluding carboxylic acids is 1. The van der Waals surface area contributed by atoms with Crippen LogP contribution in [0.15, 0.2) is 39.4 Å². The third kappa shape index (κ3) is 3.19. The Morgan fingerprint density at radius 2 is 2.00 bits per heavy atom. The average Bonchev–Trinajstić information content (AvgIpc) is 2.83. The smallest absolute Gasteiger partial charge is 0.289 e. The first-order valence-corrected chi connectivity index (χ1v) is 7.42. The normalized spacial score (nSPS) is 12.2. The van der Waals surface area contributed by atoms with Crippen LogP contribution in [0.5, 0.6) is 0 Å². The van der Waals surface area contributed by atoms with Crippen molar-refractivity contribution in [2.45, 2.75) is 13.0 Å². The molecular formula is C14H12BrCl2NO2. The highest BCUT2D eigenvalue weighted by atomic mass is 79.9. The molecule has 1 amide bonds. The Kier molecular flexibility index (Phi) is 4.78. The predicted molar refractivity (Wildman–Crippen MR) is 83.4 cm³/mol. The van der Waals surface area contributed by atoms with E-state index in [0.29, 0.717) is 14.7 Å². The minimum atomic E-state index is -0.214. The topological polar surface area (TPSA) is 33.5 Å². The molecule has 1 aromatic heterocycles. The zero-order chi connectivity index (χ0) is 14.9. The first-order chi connectivity index (χ1) is 9.40. The molecule has 0 radical (unpaired) electrons. The van der Waals surface area contributed by atoms with Crippen LogP contribution < -0.4 is 0 Å². The van der Waals surface area contributed by atoms with Crippen LogP contribution in [0.3, 0.4) is 0 Å². The molecule has 1 aromatic carbocycles. The summed E-state index contributed by atoms with van der Waals surface area (Å²) in [5.41, 5.74) is 0.831. The standard InChI is InChI=1S/C14H12BrCl2NO2/c1-8(10-4-3-9(16)7-11(10)17)18(2)14(19)12-5-6-13(15)20-12/h3-8H,1-2H3. The number of benzene rings is 1. The second kappa shape index (κ2) is 6.20. The van der Waals surface area contributed by atoms with Crippen molar-refractivity contribution in [3.05, 3.63) is 56.4 Å². The lowest BCUT2D eigenvalue weighted by Gasteiger charge is -2.25. The number of halogens is 3. The van der Waals surface area contributed by atoms with Gasteiger partial charge in [0, 0.05) is 17.1 Å². The molecule has 1 atom stereocenters. The Hall–Kier alpha value is -0.970. The number of carbonyl (C=O) groups is 1. The lowest BCUT2D eigenvalue weighted by atomic mass is 10.1. The maximum Gasteiger partial charge on any atom is 0.289 e.